The van der Waals surface area contributed by atoms with Gasteiger partial charge in [0, 0.05) is 55.1 Å². The number of carbonyl (C=O) groups is 2. The van der Waals surface area contributed by atoms with E-state index in [9.17, 15) is 9.59 Å². The summed E-state index contributed by atoms with van der Waals surface area (Å²) in [6, 6.07) is 6.86. The number of anilines is 1. The minimum absolute atomic E-state index is 0.163. The van der Waals surface area contributed by atoms with Crippen molar-refractivity contribution in [3.63, 3.8) is 0 Å². The predicted molar refractivity (Wildman–Crippen MR) is 108 cm³/mol. The van der Waals surface area contributed by atoms with Gasteiger partial charge in [-0.05, 0) is 18.2 Å². The van der Waals surface area contributed by atoms with Gasteiger partial charge in [0.25, 0.3) is 5.91 Å². The van der Waals surface area contributed by atoms with Crippen LogP contribution in [0.3, 0.4) is 0 Å². The second-order valence-corrected chi connectivity index (χ2v) is 7.02. The highest BCUT2D eigenvalue weighted by Gasteiger charge is 2.24. The zero-order valence-corrected chi connectivity index (χ0v) is 16.0. The first-order valence-electron chi connectivity index (χ1n) is 8.88. The summed E-state index contributed by atoms with van der Waals surface area (Å²) < 4.78 is 0. The Labute approximate surface area is 170 Å². The van der Waals surface area contributed by atoms with E-state index in [0.717, 1.165) is 5.39 Å². The molecule has 29 heavy (non-hydrogen) atoms. The van der Waals surface area contributed by atoms with E-state index in [1.165, 1.54) is 4.90 Å². The maximum atomic E-state index is 12.9. The number of amides is 2. The first-order chi connectivity index (χ1) is 13.9. The van der Waals surface area contributed by atoms with Crippen molar-refractivity contribution in [3.8, 4) is 11.3 Å². The Morgan fingerprint density at radius 2 is 1.69 bits per heavy atom. The fourth-order valence-corrected chi connectivity index (χ4v) is 3.48. The second kappa shape index (κ2) is 7.51. The lowest BCUT2D eigenvalue weighted by Crippen LogP contribution is -2.50. The van der Waals surface area contributed by atoms with Crippen LogP contribution in [0, 0.1) is 0 Å². The first-order valence-corrected chi connectivity index (χ1v) is 9.25. The van der Waals surface area contributed by atoms with Crippen molar-refractivity contribution in [1.29, 1.82) is 0 Å². The van der Waals surface area contributed by atoms with E-state index in [1.807, 2.05) is 0 Å². The van der Waals surface area contributed by atoms with Crippen LogP contribution in [-0.4, -0.2) is 68.0 Å². The van der Waals surface area contributed by atoms with E-state index in [0.29, 0.717) is 53.5 Å². The highest BCUT2D eigenvalue weighted by molar-refractivity contribution is 6.35. The highest BCUT2D eigenvalue weighted by atomic mass is 35.5. The summed E-state index contributed by atoms with van der Waals surface area (Å²) in [5.74, 6) is -0.00686. The summed E-state index contributed by atoms with van der Waals surface area (Å²) in [6.45, 7) is 1.28. The molecule has 0 aliphatic carbocycles. The van der Waals surface area contributed by atoms with Crippen molar-refractivity contribution in [2.45, 2.75) is 0 Å². The van der Waals surface area contributed by atoms with Crippen LogP contribution in [0.5, 0.6) is 0 Å². The normalized spacial score (nSPS) is 14.2. The minimum Gasteiger partial charge on any atom is -0.465 e. The minimum atomic E-state index is -0.971. The maximum absolute atomic E-state index is 12.9. The van der Waals surface area contributed by atoms with Gasteiger partial charge in [-0.2, -0.15) is 0 Å². The first kappa shape index (κ1) is 18.9. The molecule has 0 spiro atoms. The summed E-state index contributed by atoms with van der Waals surface area (Å²) in [5, 5.41) is 10.3. The lowest BCUT2D eigenvalue weighted by molar-refractivity contribution is 0.0625. The lowest BCUT2D eigenvalue weighted by Gasteiger charge is -2.33. The average molecular weight is 413 g/mol. The van der Waals surface area contributed by atoms with Crippen molar-refractivity contribution >= 4 is 40.5 Å². The second-order valence-electron chi connectivity index (χ2n) is 6.61. The number of nitrogens with zero attached hydrogens (tertiary/aromatic N) is 5. The van der Waals surface area contributed by atoms with Crippen LogP contribution in [0.15, 0.2) is 36.7 Å². The van der Waals surface area contributed by atoms with Gasteiger partial charge in [-0.3, -0.25) is 4.79 Å². The van der Waals surface area contributed by atoms with Gasteiger partial charge in [0.05, 0.1) is 16.2 Å². The number of piperazine rings is 1. The van der Waals surface area contributed by atoms with Crippen molar-refractivity contribution in [1.82, 2.24) is 24.8 Å². The molecule has 3 aromatic rings. The Hall–Kier alpha value is -3.46. The number of hydrogen-bond acceptors (Lipinski definition) is 6. The standard InChI is InChI=1S/C19H17ClN6O3/c20-14-8-15(12-9-22-18(21)23-10-12)24-16-7-11(1-2-13(14)16)17(27)25-3-5-26(6-4-25)19(28)29/h1-2,7-10H,3-6H2,(H,28,29)(H2,21,22,23). The van der Waals surface area contributed by atoms with Crippen LogP contribution in [0.2, 0.25) is 5.02 Å². The molecule has 10 heteroatoms. The van der Waals surface area contributed by atoms with E-state index in [-0.39, 0.29) is 11.9 Å². The largest absolute Gasteiger partial charge is 0.465 e. The summed E-state index contributed by atoms with van der Waals surface area (Å²) in [6.07, 6.45) is 2.15. The Morgan fingerprint density at radius 3 is 2.34 bits per heavy atom. The SMILES string of the molecule is Nc1ncc(-c2cc(Cl)c3ccc(C(=O)N4CCN(C(=O)O)CC4)cc3n2)cn1. The van der Waals surface area contributed by atoms with Gasteiger partial charge >= 0.3 is 6.09 Å². The number of carboxylic acid groups (broad SMARTS) is 1. The molecule has 0 atom stereocenters. The third kappa shape index (κ3) is 3.77. The number of hydrogen-bond donors (Lipinski definition) is 2. The summed E-state index contributed by atoms with van der Waals surface area (Å²) in [5.41, 5.74) is 7.79. The number of nitrogens with two attached hydrogens (primary N) is 1. The number of rotatable bonds is 2. The van der Waals surface area contributed by atoms with E-state index < -0.39 is 6.09 Å². The van der Waals surface area contributed by atoms with Gasteiger partial charge in [-0.1, -0.05) is 17.7 Å². The number of benzene rings is 1. The predicted octanol–water partition coefficient (Wildman–Crippen LogP) is 2.36. The quantitative estimate of drug-likeness (QED) is 0.661. The molecule has 1 fully saturated rings. The Balaban J connectivity index is 1.63. The highest BCUT2D eigenvalue weighted by Crippen LogP contribution is 2.28. The van der Waals surface area contributed by atoms with Crippen molar-refractivity contribution in [2.75, 3.05) is 31.9 Å². The lowest BCUT2D eigenvalue weighted by atomic mass is 10.1. The molecule has 1 aliphatic rings. The molecular weight excluding hydrogens is 396 g/mol. The van der Waals surface area contributed by atoms with E-state index in [4.69, 9.17) is 22.4 Å². The maximum Gasteiger partial charge on any atom is 0.407 e. The number of pyridine rings is 1. The van der Waals surface area contributed by atoms with Crippen molar-refractivity contribution in [2.24, 2.45) is 0 Å². The van der Waals surface area contributed by atoms with E-state index in [1.54, 1.807) is 41.6 Å². The Bertz CT molecular complexity index is 1100. The van der Waals surface area contributed by atoms with Crippen LogP contribution in [-0.2, 0) is 0 Å². The number of carbonyl (C=O) groups excluding carboxylic acids is 1. The van der Waals surface area contributed by atoms with Crippen LogP contribution < -0.4 is 5.73 Å². The average Bonchev–Trinajstić information content (AvgIpc) is 2.73. The molecule has 1 saturated heterocycles. The molecule has 148 valence electrons. The van der Waals surface area contributed by atoms with Crippen LogP contribution in [0.4, 0.5) is 10.7 Å². The molecule has 2 aromatic heterocycles. The summed E-state index contributed by atoms with van der Waals surface area (Å²) in [4.78, 5) is 39.4. The molecular formula is C19H17ClN6O3. The zero-order chi connectivity index (χ0) is 20.5. The smallest absolute Gasteiger partial charge is 0.407 e. The molecule has 3 N–H and O–H groups in total. The molecule has 1 aromatic carbocycles. The molecule has 3 heterocycles. The fourth-order valence-electron chi connectivity index (χ4n) is 3.22. The monoisotopic (exact) mass is 412 g/mol. The number of halogens is 1. The van der Waals surface area contributed by atoms with Crippen LogP contribution in [0.1, 0.15) is 10.4 Å². The molecule has 0 bridgehead atoms. The third-order valence-corrected chi connectivity index (χ3v) is 5.12. The van der Waals surface area contributed by atoms with E-state index in [2.05, 4.69) is 15.0 Å². The molecule has 2 amide bonds. The van der Waals surface area contributed by atoms with Gasteiger partial charge in [0.15, 0.2) is 0 Å². The van der Waals surface area contributed by atoms with Gasteiger partial charge in [0.2, 0.25) is 5.95 Å². The molecule has 0 unspecified atom stereocenters. The van der Waals surface area contributed by atoms with Crippen molar-refractivity contribution in [3.05, 3.63) is 47.2 Å². The topological polar surface area (TPSA) is 126 Å². The number of aromatic nitrogens is 3. The Morgan fingerprint density at radius 1 is 1.03 bits per heavy atom. The number of fused-ring (bicyclic) bond motifs is 1. The zero-order valence-electron chi connectivity index (χ0n) is 15.2. The van der Waals surface area contributed by atoms with Crippen molar-refractivity contribution < 1.29 is 14.7 Å². The number of nitrogen functional groups attached to an aromatic ring is 1. The van der Waals surface area contributed by atoms with Gasteiger partial charge < -0.3 is 20.6 Å². The molecule has 0 saturated carbocycles. The molecule has 4 rings (SSSR count). The molecule has 0 radical (unpaired) electrons. The molecule has 9 nitrogen and oxygen atoms in total. The van der Waals surface area contributed by atoms with Gasteiger partial charge in [0.1, 0.15) is 0 Å². The Kier molecular flexibility index (Phi) is 4.89. The van der Waals surface area contributed by atoms with Crippen LogP contribution in [0.25, 0.3) is 22.2 Å². The van der Waals surface area contributed by atoms with Gasteiger partial charge in [-0.25, -0.2) is 19.7 Å². The van der Waals surface area contributed by atoms with Crippen LogP contribution >= 0.6 is 11.6 Å². The third-order valence-electron chi connectivity index (χ3n) is 4.81. The summed E-state index contributed by atoms with van der Waals surface area (Å²) in [7, 11) is 0. The molecule has 1 aliphatic heterocycles. The van der Waals surface area contributed by atoms with E-state index >= 15 is 0 Å². The fraction of sp³-hybridized carbons (Fsp3) is 0.211. The van der Waals surface area contributed by atoms with Gasteiger partial charge in [-0.15, -0.1) is 0 Å². The summed E-state index contributed by atoms with van der Waals surface area (Å²) >= 11 is 6.41.